The number of halogens is 1. The number of aromatic nitrogens is 2. The minimum absolute atomic E-state index is 0.0196. The van der Waals surface area contributed by atoms with E-state index in [1.54, 1.807) is 18.6 Å². The molecule has 0 aliphatic heterocycles. The third kappa shape index (κ3) is 1.81. The minimum atomic E-state index is 0.0196. The average molecular weight is 307 g/mol. The number of carbonyl (C=O) groups is 1. The summed E-state index contributed by atoms with van der Waals surface area (Å²) in [6.45, 7) is 0. The van der Waals surface area contributed by atoms with Crippen molar-refractivity contribution < 1.29 is 4.79 Å². The lowest BCUT2D eigenvalue weighted by Gasteiger charge is -1.95. The van der Waals surface area contributed by atoms with Crippen LogP contribution in [0.4, 0.5) is 0 Å². The number of rotatable bonds is 2. The molecule has 3 aromatic rings. The number of H-pyrrole nitrogens is 1. The Kier molecular flexibility index (Phi) is 2.57. The second kappa shape index (κ2) is 4.09. The lowest BCUT2D eigenvalue weighted by atomic mass is 10.1. The van der Waals surface area contributed by atoms with Crippen molar-refractivity contribution in [1.82, 2.24) is 9.97 Å². The lowest BCUT2D eigenvalue weighted by molar-refractivity contribution is 0.104. The number of ketones is 1. The zero-order valence-electron chi connectivity index (χ0n) is 8.61. The zero-order chi connectivity index (χ0) is 11.8. The first-order valence-corrected chi connectivity index (χ1v) is 6.63. The Balaban J connectivity index is 2.13. The van der Waals surface area contributed by atoms with Crippen molar-refractivity contribution in [2.24, 2.45) is 0 Å². The van der Waals surface area contributed by atoms with Crippen molar-refractivity contribution in [1.29, 1.82) is 0 Å². The van der Waals surface area contributed by atoms with Gasteiger partial charge in [0, 0.05) is 46.0 Å². The van der Waals surface area contributed by atoms with Crippen LogP contribution >= 0.6 is 27.3 Å². The van der Waals surface area contributed by atoms with Crippen LogP contribution in [-0.4, -0.2) is 15.8 Å². The van der Waals surface area contributed by atoms with Crippen molar-refractivity contribution >= 4 is 44.0 Å². The van der Waals surface area contributed by atoms with Crippen molar-refractivity contribution in [3.63, 3.8) is 0 Å². The summed E-state index contributed by atoms with van der Waals surface area (Å²) in [5.74, 6) is 0.0196. The van der Waals surface area contributed by atoms with Gasteiger partial charge in [0.25, 0.3) is 0 Å². The Morgan fingerprint density at radius 1 is 1.47 bits per heavy atom. The van der Waals surface area contributed by atoms with Crippen LogP contribution in [0.25, 0.3) is 10.9 Å². The molecule has 0 unspecified atom stereocenters. The van der Waals surface area contributed by atoms with E-state index in [-0.39, 0.29) is 5.78 Å². The predicted molar refractivity (Wildman–Crippen MR) is 71.5 cm³/mol. The molecule has 0 radical (unpaired) electrons. The summed E-state index contributed by atoms with van der Waals surface area (Å²) < 4.78 is 0.957. The van der Waals surface area contributed by atoms with Gasteiger partial charge < -0.3 is 4.98 Å². The second-order valence-electron chi connectivity index (χ2n) is 3.59. The molecule has 1 N–H and O–H groups in total. The maximum atomic E-state index is 12.3. The first-order chi connectivity index (χ1) is 8.25. The van der Waals surface area contributed by atoms with E-state index in [0.717, 1.165) is 14.7 Å². The molecule has 0 bridgehead atoms. The maximum Gasteiger partial charge on any atom is 0.196 e. The number of nitrogens with zero attached hydrogens (tertiary/aromatic N) is 1. The summed E-state index contributed by atoms with van der Waals surface area (Å²) in [5.41, 5.74) is 2.29. The monoisotopic (exact) mass is 306 g/mol. The molecule has 0 amide bonds. The van der Waals surface area contributed by atoms with Crippen LogP contribution in [-0.2, 0) is 0 Å². The molecule has 0 aromatic carbocycles. The smallest absolute Gasteiger partial charge is 0.196 e. The van der Waals surface area contributed by atoms with Gasteiger partial charge in [0.2, 0.25) is 0 Å². The summed E-state index contributed by atoms with van der Waals surface area (Å²) in [6.07, 6.45) is 5.15. The van der Waals surface area contributed by atoms with Crippen LogP contribution < -0.4 is 0 Å². The third-order valence-corrected chi connectivity index (χ3v) is 4.06. The fourth-order valence-corrected chi connectivity index (χ4v) is 2.87. The van der Waals surface area contributed by atoms with Gasteiger partial charge in [0.15, 0.2) is 5.78 Å². The summed E-state index contributed by atoms with van der Waals surface area (Å²) >= 11 is 4.87. The number of pyridine rings is 1. The van der Waals surface area contributed by atoms with Gasteiger partial charge in [-0.2, -0.15) is 0 Å². The van der Waals surface area contributed by atoms with E-state index in [2.05, 4.69) is 25.9 Å². The van der Waals surface area contributed by atoms with Gasteiger partial charge in [-0.05, 0) is 28.1 Å². The molecule has 17 heavy (non-hydrogen) atoms. The highest BCUT2D eigenvalue weighted by Crippen LogP contribution is 2.25. The summed E-state index contributed by atoms with van der Waals surface area (Å²) in [5, 5.41) is 2.71. The SMILES string of the molecule is O=C(c1csc(Br)c1)c1c[nH]c2ccncc12. The van der Waals surface area contributed by atoms with E-state index in [1.807, 2.05) is 17.5 Å². The van der Waals surface area contributed by atoms with Crippen molar-refractivity contribution in [3.05, 3.63) is 51.0 Å². The van der Waals surface area contributed by atoms with Crippen LogP contribution in [0.5, 0.6) is 0 Å². The van der Waals surface area contributed by atoms with E-state index in [1.165, 1.54) is 11.3 Å². The fraction of sp³-hybridized carbons (Fsp3) is 0. The number of hydrogen-bond donors (Lipinski definition) is 1. The van der Waals surface area contributed by atoms with Gasteiger partial charge in [-0.3, -0.25) is 9.78 Å². The van der Waals surface area contributed by atoms with Crippen LogP contribution in [0.2, 0.25) is 0 Å². The molecule has 0 saturated carbocycles. The first kappa shape index (κ1) is 10.7. The Hall–Kier alpha value is -1.46. The molecule has 84 valence electrons. The molecule has 0 spiro atoms. The third-order valence-electron chi connectivity index (χ3n) is 2.56. The van der Waals surface area contributed by atoms with E-state index < -0.39 is 0 Å². The number of nitrogens with one attached hydrogen (secondary N) is 1. The number of carbonyl (C=O) groups excluding carboxylic acids is 1. The largest absolute Gasteiger partial charge is 0.360 e. The van der Waals surface area contributed by atoms with Crippen LogP contribution in [0.15, 0.2) is 39.9 Å². The van der Waals surface area contributed by atoms with Crippen molar-refractivity contribution in [3.8, 4) is 0 Å². The molecule has 3 rings (SSSR count). The molecule has 0 aliphatic rings. The predicted octanol–water partition coefficient (Wildman–Crippen LogP) is 3.62. The van der Waals surface area contributed by atoms with Gasteiger partial charge >= 0.3 is 0 Å². The summed E-state index contributed by atoms with van der Waals surface area (Å²) in [6, 6.07) is 3.69. The molecule has 3 heterocycles. The molecular formula is C12H7BrN2OS. The maximum absolute atomic E-state index is 12.3. The fourth-order valence-electron chi connectivity index (χ4n) is 1.74. The quantitative estimate of drug-likeness (QED) is 0.735. The minimum Gasteiger partial charge on any atom is -0.360 e. The molecule has 3 nitrogen and oxygen atoms in total. The molecule has 0 atom stereocenters. The van der Waals surface area contributed by atoms with E-state index >= 15 is 0 Å². The van der Waals surface area contributed by atoms with Crippen molar-refractivity contribution in [2.75, 3.05) is 0 Å². The van der Waals surface area contributed by atoms with Gasteiger partial charge in [-0.1, -0.05) is 0 Å². The highest BCUT2D eigenvalue weighted by atomic mass is 79.9. The Morgan fingerprint density at radius 3 is 3.12 bits per heavy atom. The molecule has 5 heteroatoms. The van der Waals surface area contributed by atoms with Crippen LogP contribution in [0.1, 0.15) is 15.9 Å². The van der Waals surface area contributed by atoms with Crippen molar-refractivity contribution in [2.45, 2.75) is 0 Å². The Labute approximate surface area is 110 Å². The highest BCUT2D eigenvalue weighted by Gasteiger charge is 2.15. The van der Waals surface area contributed by atoms with Crippen LogP contribution in [0.3, 0.4) is 0 Å². The van der Waals surface area contributed by atoms with Gasteiger partial charge in [0.1, 0.15) is 0 Å². The van der Waals surface area contributed by atoms with Crippen LogP contribution in [0, 0.1) is 0 Å². The second-order valence-corrected chi connectivity index (χ2v) is 5.88. The average Bonchev–Trinajstić information content (AvgIpc) is 2.94. The molecular weight excluding hydrogens is 300 g/mol. The van der Waals surface area contributed by atoms with E-state index in [0.29, 0.717) is 11.1 Å². The summed E-state index contributed by atoms with van der Waals surface area (Å²) in [7, 11) is 0. The Morgan fingerprint density at radius 2 is 2.35 bits per heavy atom. The normalized spacial score (nSPS) is 10.9. The van der Waals surface area contributed by atoms with Gasteiger partial charge in [-0.15, -0.1) is 11.3 Å². The van der Waals surface area contributed by atoms with E-state index in [4.69, 9.17) is 0 Å². The number of fused-ring (bicyclic) bond motifs is 1. The lowest BCUT2D eigenvalue weighted by Crippen LogP contribution is -1.98. The number of hydrogen-bond acceptors (Lipinski definition) is 3. The number of thiophene rings is 1. The molecule has 0 aliphatic carbocycles. The highest BCUT2D eigenvalue weighted by molar-refractivity contribution is 9.11. The molecule has 3 aromatic heterocycles. The zero-order valence-corrected chi connectivity index (χ0v) is 11.0. The molecule has 0 saturated heterocycles. The standard InChI is InChI=1S/C12H7BrN2OS/c13-11-3-7(6-17-11)12(16)9-5-15-10-1-2-14-4-8(9)10/h1-6,15H. The summed E-state index contributed by atoms with van der Waals surface area (Å²) in [4.78, 5) is 19.4. The topological polar surface area (TPSA) is 45.8 Å². The van der Waals surface area contributed by atoms with E-state index in [9.17, 15) is 4.79 Å². The Bertz CT molecular complexity index is 701. The van der Waals surface area contributed by atoms with Gasteiger partial charge in [0.05, 0.1) is 3.79 Å². The first-order valence-electron chi connectivity index (χ1n) is 4.95. The molecule has 0 fully saturated rings. The van der Waals surface area contributed by atoms with Gasteiger partial charge in [-0.25, -0.2) is 0 Å². The number of aromatic amines is 1.